The maximum Gasteiger partial charge on any atom is 0.239 e. The molecular weight excluding hydrogens is 364 g/mol. The van der Waals surface area contributed by atoms with Crippen LogP contribution in [0.3, 0.4) is 0 Å². The molecular formula is C21H25ClN2O3. The number of nitrogens with zero attached hydrogens (tertiary/aromatic N) is 1. The van der Waals surface area contributed by atoms with Crippen LogP contribution < -0.4 is 10.1 Å². The molecule has 0 aliphatic heterocycles. The van der Waals surface area contributed by atoms with E-state index >= 15 is 0 Å². The second-order valence-corrected chi connectivity index (χ2v) is 7.43. The summed E-state index contributed by atoms with van der Waals surface area (Å²) in [4.78, 5) is 27.3. The molecule has 6 heteroatoms. The molecule has 2 amide bonds. The van der Waals surface area contributed by atoms with E-state index in [1.54, 1.807) is 37.9 Å². The van der Waals surface area contributed by atoms with Gasteiger partial charge in [-0.25, -0.2) is 0 Å². The highest BCUT2D eigenvalue weighted by Gasteiger charge is 2.38. The Bertz CT molecular complexity index is 835. The van der Waals surface area contributed by atoms with Crippen LogP contribution in [0.1, 0.15) is 25.0 Å². The Morgan fingerprint density at radius 3 is 2.41 bits per heavy atom. The Morgan fingerprint density at radius 1 is 1.19 bits per heavy atom. The molecule has 0 heterocycles. The lowest BCUT2D eigenvalue weighted by Crippen LogP contribution is -2.45. The summed E-state index contributed by atoms with van der Waals surface area (Å²) in [5.41, 5.74) is 1.04. The number of rotatable bonds is 6. The third-order valence-electron chi connectivity index (χ3n) is 4.44. The average Bonchev–Trinajstić information content (AvgIpc) is 2.64. The van der Waals surface area contributed by atoms with Crippen molar-refractivity contribution in [2.45, 2.75) is 27.3 Å². The summed E-state index contributed by atoms with van der Waals surface area (Å²) < 4.78 is 5.29. The first-order chi connectivity index (χ1) is 12.7. The van der Waals surface area contributed by atoms with E-state index in [4.69, 9.17) is 16.3 Å². The van der Waals surface area contributed by atoms with Gasteiger partial charge in [0, 0.05) is 24.7 Å². The summed E-state index contributed by atoms with van der Waals surface area (Å²) in [6.07, 6.45) is 0. The molecule has 0 radical (unpaired) electrons. The third kappa shape index (κ3) is 4.80. The first-order valence-corrected chi connectivity index (χ1v) is 8.99. The quantitative estimate of drug-likeness (QED) is 0.751. The van der Waals surface area contributed by atoms with Gasteiger partial charge in [-0.05, 0) is 38.0 Å². The minimum Gasteiger partial charge on any atom is -0.495 e. The van der Waals surface area contributed by atoms with Crippen LogP contribution in [0.4, 0.5) is 5.69 Å². The Morgan fingerprint density at radius 2 is 1.81 bits per heavy atom. The molecule has 2 rings (SSSR count). The first-order valence-electron chi connectivity index (χ1n) is 8.62. The van der Waals surface area contributed by atoms with E-state index in [0.717, 1.165) is 11.1 Å². The van der Waals surface area contributed by atoms with Crippen LogP contribution in [0.5, 0.6) is 5.75 Å². The molecule has 0 aromatic heterocycles. The maximum atomic E-state index is 12.9. The van der Waals surface area contributed by atoms with Crippen molar-refractivity contribution in [1.29, 1.82) is 0 Å². The van der Waals surface area contributed by atoms with Gasteiger partial charge in [0.2, 0.25) is 11.8 Å². The minimum absolute atomic E-state index is 0.270. The van der Waals surface area contributed by atoms with Crippen LogP contribution in [-0.2, 0) is 16.1 Å². The van der Waals surface area contributed by atoms with E-state index in [2.05, 4.69) is 5.32 Å². The van der Waals surface area contributed by atoms with E-state index in [0.29, 0.717) is 23.0 Å². The number of nitrogens with one attached hydrogen (secondary N) is 1. The topological polar surface area (TPSA) is 58.6 Å². The lowest BCUT2D eigenvalue weighted by Gasteiger charge is -2.28. The molecule has 0 unspecified atom stereocenters. The zero-order valence-corrected chi connectivity index (χ0v) is 17.1. The molecule has 0 aliphatic carbocycles. The molecule has 2 aromatic rings. The average molecular weight is 389 g/mol. The van der Waals surface area contributed by atoms with E-state index in [1.165, 1.54) is 7.11 Å². The minimum atomic E-state index is -1.25. The zero-order chi connectivity index (χ0) is 20.2. The van der Waals surface area contributed by atoms with Crippen LogP contribution in [-0.4, -0.2) is 30.9 Å². The normalized spacial score (nSPS) is 11.0. The van der Waals surface area contributed by atoms with Gasteiger partial charge in [-0.1, -0.05) is 41.9 Å². The molecule has 0 fully saturated rings. The van der Waals surface area contributed by atoms with Gasteiger partial charge >= 0.3 is 0 Å². The molecule has 0 atom stereocenters. The molecule has 0 aliphatic rings. The number of hydrogen-bond acceptors (Lipinski definition) is 3. The number of anilines is 1. The van der Waals surface area contributed by atoms with Crippen molar-refractivity contribution in [3.63, 3.8) is 0 Å². The van der Waals surface area contributed by atoms with Gasteiger partial charge in [0.15, 0.2) is 0 Å². The van der Waals surface area contributed by atoms with Crippen molar-refractivity contribution < 1.29 is 14.3 Å². The van der Waals surface area contributed by atoms with Crippen molar-refractivity contribution in [1.82, 2.24) is 4.90 Å². The summed E-state index contributed by atoms with van der Waals surface area (Å²) in [6.45, 7) is 5.49. The SMILES string of the molecule is COc1cc(Cl)c(C)cc1NC(=O)C(C)(C)C(=O)N(C)Cc1ccccc1. The van der Waals surface area contributed by atoms with Gasteiger partial charge < -0.3 is 15.0 Å². The molecule has 2 aromatic carbocycles. The monoisotopic (exact) mass is 388 g/mol. The van der Waals surface area contributed by atoms with E-state index in [9.17, 15) is 9.59 Å². The second kappa shape index (κ2) is 8.44. The highest BCUT2D eigenvalue weighted by molar-refractivity contribution is 6.31. The third-order valence-corrected chi connectivity index (χ3v) is 4.85. The van der Waals surface area contributed by atoms with Crippen LogP contribution in [0, 0.1) is 12.3 Å². The van der Waals surface area contributed by atoms with Crippen molar-refractivity contribution in [3.8, 4) is 5.75 Å². The Kier molecular flexibility index (Phi) is 6.50. The van der Waals surface area contributed by atoms with Crippen molar-refractivity contribution in [2.75, 3.05) is 19.5 Å². The number of ether oxygens (including phenoxy) is 1. The van der Waals surface area contributed by atoms with Crippen molar-refractivity contribution in [2.24, 2.45) is 5.41 Å². The van der Waals surface area contributed by atoms with Gasteiger partial charge in [-0.15, -0.1) is 0 Å². The number of aryl methyl sites for hydroxylation is 1. The Balaban J connectivity index is 2.16. The number of benzene rings is 2. The predicted molar refractivity (Wildman–Crippen MR) is 108 cm³/mol. The highest BCUT2D eigenvalue weighted by atomic mass is 35.5. The lowest BCUT2D eigenvalue weighted by atomic mass is 9.90. The predicted octanol–water partition coefficient (Wildman–Crippen LogP) is 4.28. The van der Waals surface area contributed by atoms with E-state index < -0.39 is 11.3 Å². The number of amides is 2. The van der Waals surface area contributed by atoms with Crippen molar-refractivity contribution >= 4 is 29.1 Å². The molecule has 0 saturated carbocycles. The first kappa shape index (κ1) is 20.8. The van der Waals surface area contributed by atoms with Crippen LogP contribution in [0.15, 0.2) is 42.5 Å². The summed E-state index contributed by atoms with van der Waals surface area (Å²) in [7, 11) is 3.19. The van der Waals surface area contributed by atoms with Gasteiger partial charge in [0.05, 0.1) is 12.8 Å². The van der Waals surface area contributed by atoms with Gasteiger partial charge in [0.1, 0.15) is 11.2 Å². The molecule has 144 valence electrons. The lowest BCUT2D eigenvalue weighted by molar-refractivity contribution is -0.145. The van der Waals surface area contributed by atoms with E-state index in [-0.39, 0.29) is 5.91 Å². The second-order valence-electron chi connectivity index (χ2n) is 7.03. The van der Waals surface area contributed by atoms with Gasteiger partial charge in [-0.3, -0.25) is 9.59 Å². The summed E-state index contributed by atoms with van der Waals surface area (Å²) in [6, 6.07) is 13.0. The summed E-state index contributed by atoms with van der Waals surface area (Å²) in [5.74, 6) is -0.235. The van der Waals surface area contributed by atoms with Gasteiger partial charge in [0.25, 0.3) is 0 Å². The molecule has 1 N–H and O–H groups in total. The largest absolute Gasteiger partial charge is 0.495 e. The zero-order valence-electron chi connectivity index (χ0n) is 16.3. The van der Waals surface area contributed by atoms with Crippen LogP contribution in [0.2, 0.25) is 5.02 Å². The Labute approximate surface area is 165 Å². The summed E-state index contributed by atoms with van der Waals surface area (Å²) in [5, 5.41) is 3.34. The molecule has 0 spiro atoms. The van der Waals surface area contributed by atoms with Gasteiger partial charge in [-0.2, -0.15) is 0 Å². The number of halogens is 1. The molecule has 27 heavy (non-hydrogen) atoms. The fraction of sp³-hybridized carbons (Fsp3) is 0.333. The van der Waals surface area contributed by atoms with Crippen LogP contribution in [0.25, 0.3) is 0 Å². The highest BCUT2D eigenvalue weighted by Crippen LogP contribution is 2.32. The number of carbonyl (C=O) groups is 2. The smallest absolute Gasteiger partial charge is 0.239 e. The number of carbonyl (C=O) groups excluding carboxylic acids is 2. The standard InChI is InChI=1S/C21H25ClN2O3/c1-14-11-17(18(27-5)12-16(14)22)23-19(25)21(2,3)20(26)24(4)13-15-9-7-6-8-10-15/h6-12H,13H2,1-5H3,(H,23,25). The molecule has 5 nitrogen and oxygen atoms in total. The summed E-state index contributed by atoms with van der Waals surface area (Å²) >= 11 is 6.11. The van der Waals surface area contributed by atoms with E-state index in [1.807, 2.05) is 37.3 Å². The fourth-order valence-electron chi connectivity index (χ4n) is 2.71. The Hall–Kier alpha value is -2.53. The van der Waals surface area contributed by atoms with Crippen LogP contribution >= 0.6 is 11.6 Å². The molecule has 0 saturated heterocycles. The maximum absolute atomic E-state index is 12.9. The van der Waals surface area contributed by atoms with Crippen molar-refractivity contribution in [3.05, 3.63) is 58.6 Å². The molecule has 0 bridgehead atoms. The number of methoxy groups -OCH3 is 1. The number of hydrogen-bond donors (Lipinski definition) is 1. The fourth-order valence-corrected chi connectivity index (χ4v) is 2.87.